The minimum absolute atomic E-state index is 0. The Morgan fingerprint density at radius 2 is 1.78 bits per heavy atom. The summed E-state index contributed by atoms with van der Waals surface area (Å²) in [6.45, 7) is 7.95. The van der Waals surface area contributed by atoms with Crippen LogP contribution < -0.4 is 5.46 Å². The van der Waals surface area contributed by atoms with Gasteiger partial charge in [0.15, 0.2) is 0 Å². The first kappa shape index (κ1) is 22.1. The Bertz CT molecular complexity index is 719. The van der Waals surface area contributed by atoms with Gasteiger partial charge in [0.25, 0.3) is 0 Å². The van der Waals surface area contributed by atoms with Crippen LogP contribution in [0.2, 0.25) is 0 Å². The maximum atomic E-state index is 11.3. The van der Waals surface area contributed by atoms with Crippen LogP contribution in [0, 0.1) is 0 Å². The second-order valence-electron chi connectivity index (χ2n) is 6.29. The number of amides is 1. The van der Waals surface area contributed by atoms with Crippen LogP contribution in [0.25, 0.3) is 16.6 Å². The van der Waals surface area contributed by atoms with E-state index in [1.165, 1.54) is 0 Å². The molecule has 2 aromatic rings. The van der Waals surface area contributed by atoms with E-state index in [-0.39, 0.29) is 96.6 Å². The largest absolute Gasteiger partial charge is 0.662 e. The molecule has 23 heavy (non-hydrogen) atoms. The van der Waals surface area contributed by atoms with Crippen LogP contribution >= 0.6 is 0 Å². The Hall–Kier alpha value is 1.05. The number of H-pyrrole nitrogens is 1. The van der Waals surface area contributed by atoms with Crippen molar-refractivity contribution in [3.8, 4) is 0 Å². The van der Waals surface area contributed by atoms with Gasteiger partial charge in [-0.2, -0.15) is 5.10 Å². The van der Waals surface area contributed by atoms with Gasteiger partial charge in [-0.25, -0.2) is 0 Å². The van der Waals surface area contributed by atoms with Crippen LogP contribution in [-0.2, 0) is 42.0 Å². The Kier molecular flexibility index (Phi) is 7.44. The van der Waals surface area contributed by atoms with E-state index in [2.05, 4.69) is 10.2 Å². The molecule has 1 aromatic carbocycles. The van der Waals surface area contributed by atoms with Crippen LogP contribution in [0.15, 0.2) is 18.2 Å². The molecule has 114 valence electrons. The number of hydrogen-bond acceptors (Lipinski definition) is 4. The Labute approximate surface area is 209 Å². The van der Waals surface area contributed by atoms with Crippen molar-refractivity contribution in [3.05, 3.63) is 29.6 Å². The molecule has 1 fully saturated rings. The van der Waals surface area contributed by atoms with Crippen LogP contribution in [0.3, 0.4) is 0 Å². The maximum absolute atomic E-state index is 11.3. The average Bonchev–Trinajstić information content (AvgIpc) is 2.87. The molecule has 1 aliphatic rings. The minimum atomic E-state index is -0.813. The monoisotopic (exact) mass is 460 g/mol. The van der Waals surface area contributed by atoms with Crippen molar-refractivity contribution in [2.24, 2.45) is 0 Å². The molecule has 1 amide bonds. The topological polar surface area (TPSA) is 88.0 Å². The molecule has 1 aliphatic heterocycles. The van der Waals surface area contributed by atoms with E-state index in [4.69, 9.17) is 15.0 Å². The normalized spacial score (nSPS) is 18.3. The van der Waals surface area contributed by atoms with E-state index in [9.17, 15) is 4.79 Å². The minimum Gasteiger partial charge on any atom is -0.662 e. The average molecular weight is 460 g/mol. The van der Waals surface area contributed by atoms with E-state index in [0.717, 1.165) is 5.46 Å². The van der Waals surface area contributed by atoms with Gasteiger partial charge in [-0.05, 0) is 39.2 Å². The van der Waals surface area contributed by atoms with E-state index in [1.807, 2.05) is 39.8 Å². The zero-order valence-corrected chi connectivity index (χ0v) is 21.8. The SMILES string of the molecule is CC1(C)OB(c2ccc3[nH]nc(C([NH-])=O)c3c2)OC1(C)C.[Rb].[Y]. The number of benzene rings is 1. The molecule has 2 radical (unpaired) electrons. The van der Waals surface area contributed by atoms with Crippen LogP contribution in [0.5, 0.6) is 0 Å². The van der Waals surface area contributed by atoms with Crippen molar-refractivity contribution in [2.45, 2.75) is 38.9 Å². The number of nitrogens with one attached hydrogen (secondary N) is 2. The standard InChI is InChI=1S/C14H18BN3O3.Rb.Y/c1-13(2)14(3,4)21-15(20-13)8-5-6-10-9(7-8)11(12(16)19)18-17-10;;/h5-7H,1-4H3,(H3,16,17,18,19);;/p-1. The molecule has 9 heteroatoms. The number of carbonyl (C=O) groups is 1. The smallest absolute Gasteiger partial charge is 0.494 e. The summed E-state index contributed by atoms with van der Waals surface area (Å²) in [6.07, 6.45) is 0. The van der Waals surface area contributed by atoms with Crippen molar-refractivity contribution in [1.82, 2.24) is 10.2 Å². The van der Waals surface area contributed by atoms with Gasteiger partial charge < -0.3 is 19.8 Å². The first-order valence-corrected chi connectivity index (χ1v) is 6.81. The van der Waals surface area contributed by atoms with Crippen molar-refractivity contribution in [2.75, 3.05) is 0 Å². The fourth-order valence-corrected chi connectivity index (χ4v) is 2.33. The van der Waals surface area contributed by atoms with Crippen LogP contribution in [0.1, 0.15) is 38.2 Å². The summed E-state index contributed by atoms with van der Waals surface area (Å²) in [5, 5.41) is 7.24. The molecule has 0 spiro atoms. The molecule has 0 bridgehead atoms. The van der Waals surface area contributed by atoms with Crippen molar-refractivity contribution in [3.63, 3.8) is 0 Å². The Morgan fingerprint density at radius 3 is 2.30 bits per heavy atom. The Balaban J connectivity index is 0.00000132. The predicted molar refractivity (Wildman–Crippen MR) is 86.2 cm³/mol. The van der Waals surface area contributed by atoms with Crippen LogP contribution in [0.4, 0.5) is 0 Å². The summed E-state index contributed by atoms with van der Waals surface area (Å²) in [5.74, 6) is -0.813. The van der Waals surface area contributed by atoms with Gasteiger partial charge in [-0.15, -0.1) is 0 Å². The van der Waals surface area contributed by atoms with Gasteiger partial charge in [-0.3, -0.25) is 5.10 Å². The van der Waals surface area contributed by atoms with E-state index in [1.54, 1.807) is 6.07 Å². The fourth-order valence-electron chi connectivity index (χ4n) is 2.33. The fraction of sp³-hybridized carbons (Fsp3) is 0.429. The number of fused-ring (bicyclic) bond motifs is 1. The Morgan fingerprint density at radius 1 is 1.22 bits per heavy atom. The van der Waals surface area contributed by atoms with Crippen LogP contribution in [-0.4, -0.2) is 92.6 Å². The molecule has 0 atom stereocenters. The summed E-state index contributed by atoms with van der Waals surface area (Å²) >= 11 is 0. The third-order valence-electron chi connectivity index (χ3n) is 4.33. The summed E-state index contributed by atoms with van der Waals surface area (Å²) in [7, 11) is -0.497. The molecule has 1 saturated heterocycles. The summed E-state index contributed by atoms with van der Waals surface area (Å²) in [4.78, 5) is 11.3. The van der Waals surface area contributed by atoms with E-state index < -0.39 is 24.2 Å². The molecule has 2 heterocycles. The summed E-state index contributed by atoms with van der Waals surface area (Å²) in [6, 6.07) is 5.48. The van der Waals surface area contributed by atoms with E-state index >= 15 is 0 Å². The molecule has 6 nitrogen and oxygen atoms in total. The third-order valence-corrected chi connectivity index (χ3v) is 4.33. The van der Waals surface area contributed by atoms with Gasteiger partial charge in [0.1, 0.15) is 11.6 Å². The first-order valence-electron chi connectivity index (χ1n) is 6.81. The predicted octanol–water partition coefficient (Wildman–Crippen LogP) is 1.67. The summed E-state index contributed by atoms with van der Waals surface area (Å²) in [5.41, 5.74) is 8.04. The number of aromatic amines is 1. The van der Waals surface area contributed by atoms with Gasteiger partial charge >= 0.3 is 7.12 Å². The van der Waals surface area contributed by atoms with E-state index in [0.29, 0.717) is 10.9 Å². The molecule has 2 N–H and O–H groups in total. The number of carbonyl (C=O) groups excluding carboxylic acids is 1. The number of nitrogens with zero attached hydrogens (tertiary/aromatic N) is 1. The van der Waals surface area contributed by atoms with Crippen molar-refractivity contribution in [1.29, 1.82) is 0 Å². The van der Waals surface area contributed by atoms with Crippen molar-refractivity contribution >= 4 is 87.6 Å². The molecule has 0 unspecified atom stereocenters. The zero-order valence-electron chi connectivity index (χ0n) is 14.1. The maximum Gasteiger partial charge on any atom is 0.494 e. The molecule has 0 aliphatic carbocycles. The van der Waals surface area contributed by atoms with Gasteiger partial charge in [0.2, 0.25) is 0 Å². The quantitative estimate of drug-likeness (QED) is 0.691. The molecular formula is C14H17BN3O3RbY-. The van der Waals surface area contributed by atoms with Gasteiger partial charge in [-0.1, -0.05) is 12.1 Å². The second-order valence-corrected chi connectivity index (χ2v) is 6.29. The molecular weight excluding hydrogens is 443 g/mol. The van der Waals surface area contributed by atoms with Crippen molar-refractivity contribution < 1.29 is 46.8 Å². The number of rotatable bonds is 2. The molecule has 3 rings (SSSR count). The van der Waals surface area contributed by atoms with Gasteiger partial charge in [0.05, 0.1) is 16.7 Å². The zero-order chi connectivity index (χ0) is 15.4. The molecule has 0 saturated carbocycles. The number of hydrogen-bond donors (Lipinski definition) is 1. The first-order chi connectivity index (χ1) is 9.71. The molecule has 1 aromatic heterocycles. The van der Waals surface area contributed by atoms with Gasteiger partial charge in [0, 0.05) is 96.3 Å². The number of aromatic nitrogens is 2. The third kappa shape index (κ3) is 4.08. The summed E-state index contributed by atoms with van der Waals surface area (Å²) < 4.78 is 12.0. The second kappa shape index (κ2) is 7.74.